The first-order valence-corrected chi connectivity index (χ1v) is 7.15. The molecule has 1 N–H and O–H groups in total. The molecule has 2 rings (SSSR count). The molecule has 0 aliphatic rings. The second-order valence-corrected chi connectivity index (χ2v) is 5.24. The van der Waals surface area contributed by atoms with E-state index in [0.29, 0.717) is 12.4 Å². The number of rotatable bonds is 6. The van der Waals surface area contributed by atoms with Crippen molar-refractivity contribution < 1.29 is 19.4 Å². The van der Waals surface area contributed by atoms with Crippen LogP contribution in [0.4, 0.5) is 5.69 Å². The lowest BCUT2D eigenvalue weighted by molar-refractivity contribution is -0.379. The van der Waals surface area contributed by atoms with E-state index in [1.165, 1.54) is 13.2 Å². The summed E-state index contributed by atoms with van der Waals surface area (Å²) in [7, 11) is 1.28. The topological polar surface area (TPSA) is 79.5 Å². The molecule has 7 heteroatoms. The predicted octanol–water partition coefficient (Wildman–Crippen LogP) is 1.34. The van der Waals surface area contributed by atoms with Gasteiger partial charge in [0.25, 0.3) is 5.69 Å². The molecule has 0 atom stereocenters. The van der Waals surface area contributed by atoms with Crippen molar-refractivity contribution in [2.24, 2.45) is 0 Å². The highest BCUT2D eigenvalue weighted by molar-refractivity contribution is 7.09. The van der Waals surface area contributed by atoms with Gasteiger partial charge in [-0.25, -0.2) is 9.78 Å². The number of methoxy groups -OCH3 is 1. The monoisotopic (exact) mass is 307 g/mol. The molecule has 0 unspecified atom stereocenters. The van der Waals surface area contributed by atoms with Gasteiger partial charge in [-0.2, -0.15) is 0 Å². The van der Waals surface area contributed by atoms with Crippen molar-refractivity contribution in [1.29, 1.82) is 0 Å². The zero-order valence-electron chi connectivity index (χ0n) is 11.7. The van der Waals surface area contributed by atoms with E-state index in [9.17, 15) is 9.70 Å². The lowest BCUT2D eigenvalue weighted by atomic mass is 10.2. The number of nitrogens with one attached hydrogen (secondary N) is 1. The largest absolute Gasteiger partial charge is 0.493 e. The van der Waals surface area contributed by atoms with E-state index >= 15 is 0 Å². The number of hydrogen-bond donors (Lipinski definition) is 1. The summed E-state index contributed by atoms with van der Waals surface area (Å²) in [6, 6.07) is 4.50. The Labute approximate surface area is 125 Å². The molecule has 0 radical (unpaired) electrons. The number of thiazole rings is 1. The SMILES string of the molecule is COC(=O)c1cc([NH+]=O)cc(OCCc2scnc2C)c1. The molecular formula is C14H15N2O4S+. The van der Waals surface area contributed by atoms with Gasteiger partial charge < -0.3 is 9.47 Å². The highest BCUT2D eigenvalue weighted by Crippen LogP contribution is 2.20. The van der Waals surface area contributed by atoms with Gasteiger partial charge in [0, 0.05) is 27.4 Å². The third-order valence-corrected chi connectivity index (χ3v) is 3.88. The summed E-state index contributed by atoms with van der Waals surface area (Å²) in [6.45, 7) is 2.38. The maximum Gasteiger partial charge on any atom is 0.338 e. The highest BCUT2D eigenvalue weighted by Gasteiger charge is 2.13. The first-order valence-electron chi connectivity index (χ1n) is 6.27. The van der Waals surface area contributed by atoms with Crippen LogP contribution < -0.4 is 9.91 Å². The van der Waals surface area contributed by atoms with Crippen LogP contribution in [0.1, 0.15) is 20.9 Å². The molecule has 6 nitrogen and oxygen atoms in total. The molecule has 0 aliphatic heterocycles. The van der Waals surface area contributed by atoms with Crippen molar-refractivity contribution in [3.8, 4) is 5.75 Å². The molecule has 110 valence electrons. The van der Waals surface area contributed by atoms with Crippen molar-refractivity contribution in [3.05, 3.63) is 44.8 Å². The van der Waals surface area contributed by atoms with Crippen molar-refractivity contribution in [2.75, 3.05) is 13.7 Å². The molecule has 1 heterocycles. The average Bonchev–Trinajstić information content (AvgIpc) is 2.91. The van der Waals surface area contributed by atoms with Gasteiger partial charge >= 0.3 is 5.97 Å². The number of nitrogens with zero attached hydrogens (tertiary/aromatic N) is 1. The number of nitroso groups, excluding NO2 is 1. The average molecular weight is 307 g/mol. The Morgan fingerprint density at radius 1 is 1.38 bits per heavy atom. The van der Waals surface area contributed by atoms with Crippen LogP contribution in [0.3, 0.4) is 0 Å². The van der Waals surface area contributed by atoms with Gasteiger partial charge in [-0.05, 0) is 13.0 Å². The van der Waals surface area contributed by atoms with Crippen LogP contribution in [0.15, 0.2) is 23.7 Å². The number of carbonyl (C=O) groups is 1. The Morgan fingerprint density at radius 2 is 2.19 bits per heavy atom. The van der Waals surface area contributed by atoms with Gasteiger partial charge in [0.15, 0.2) is 0 Å². The molecule has 1 aromatic carbocycles. The van der Waals surface area contributed by atoms with E-state index in [2.05, 4.69) is 9.72 Å². The summed E-state index contributed by atoms with van der Waals surface area (Å²) in [6.07, 6.45) is 0.721. The Bertz CT molecular complexity index is 654. The molecule has 21 heavy (non-hydrogen) atoms. The molecule has 0 amide bonds. The van der Waals surface area contributed by atoms with Crippen LogP contribution in [-0.2, 0) is 11.2 Å². The second-order valence-electron chi connectivity index (χ2n) is 4.30. The lowest BCUT2D eigenvalue weighted by Gasteiger charge is -2.06. The van der Waals surface area contributed by atoms with Crippen LogP contribution in [-0.4, -0.2) is 24.7 Å². The predicted molar refractivity (Wildman–Crippen MR) is 77.8 cm³/mol. The molecule has 0 spiro atoms. The number of aryl methyl sites for hydroxylation is 1. The maximum atomic E-state index is 11.5. The number of hydrogen-bond acceptors (Lipinski definition) is 6. The third-order valence-electron chi connectivity index (χ3n) is 2.89. The fourth-order valence-electron chi connectivity index (χ4n) is 1.80. The number of aromatic nitrogens is 1. The van der Waals surface area contributed by atoms with Gasteiger partial charge in [0.05, 0.1) is 36.6 Å². The zero-order valence-corrected chi connectivity index (χ0v) is 12.5. The Hall–Kier alpha value is -2.28. The first-order chi connectivity index (χ1) is 10.1. The fraction of sp³-hybridized carbons (Fsp3) is 0.286. The van der Waals surface area contributed by atoms with Gasteiger partial charge in [0.2, 0.25) is 0 Å². The van der Waals surface area contributed by atoms with Crippen LogP contribution in [0.2, 0.25) is 0 Å². The third kappa shape index (κ3) is 3.85. The van der Waals surface area contributed by atoms with Gasteiger partial charge in [-0.3, -0.25) is 0 Å². The van der Waals surface area contributed by atoms with Crippen LogP contribution >= 0.6 is 11.3 Å². The van der Waals surface area contributed by atoms with Crippen molar-refractivity contribution >= 4 is 23.0 Å². The van der Waals surface area contributed by atoms with Gasteiger partial charge in [0.1, 0.15) is 5.75 Å². The van der Waals surface area contributed by atoms with Crippen molar-refractivity contribution in [2.45, 2.75) is 13.3 Å². The quantitative estimate of drug-likeness (QED) is 0.815. The van der Waals surface area contributed by atoms with E-state index in [4.69, 9.17) is 4.74 Å². The normalized spacial score (nSPS) is 10.2. The molecule has 2 aromatic rings. The smallest absolute Gasteiger partial charge is 0.338 e. The van der Waals surface area contributed by atoms with Crippen LogP contribution in [0.5, 0.6) is 5.75 Å². The van der Waals surface area contributed by atoms with Crippen LogP contribution in [0, 0.1) is 11.8 Å². The molecule has 0 bridgehead atoms. The standard InChI is InChI=1S/C14H14N2O4S/c1-9-13(21-8-15-9)3-4-20-12-6-10(14(17)19-2)5-11(7-12)16-18/h5-8H,3-4H2,1-2H3/p+1. The molecular weight excluding hydrogens is 292 g/mol. The number of carbonyl (C=O) groups excluding carboxylic acids is 1. The van der Waals surface area contributed by atoms with Crippen molar-refractivity contribution in [1.82, 2.24) is 4.98 Å². The Morgan fingerprint density at radius 3 is 2.81 bits per heavy atom. The maximum absolute atomic E-state index is 11.5. The second kappa shape index (κ2) is 6.94. The zero-order chi connectivity index (χ0) is 15.2. The molecule has 0 saturated carbocycles. The van der Waals surface area contributed by atoms with Crippen LogP contribution in [0.25, 0.3) is 0 Å². The summed E-state index contributed by atoms with van der Waals surface area (Å²) >= 11 is 1.58. The van der Waals surface area contributed by atoms with E-state index in [1.807, 2.05) is 6.92 Å². The van der Waals surface area contributed by atoms with E-state index in [0.717, 1.165) is 17.0 Å². The van der Waals surface area contributed by atoms with E-state index in [1.54, 1.807) is 34.2 Å². The summed E-state index contributed by atoms with van der Waals surface area (Å²) < 4.78 is 10.2. The summed E-state index contributed by atoms with van der Waals surface area (Å²) in [5.74, 6) is -0.0753. The molecule has 0 saturated heterocycles. The van der Waals surface area contributed by atoms with Gasteiger partial charge in [-0.1, -0.05) is 0 Å². The minimum Gasteiger partial charge on any atom is -0.493 e. The van der Waals surface area contributed by atoms with Crippen molar-refractivity contribution in [3.63, 3.8) is 0 Å². The lowest BCUT2D eigenvalue weighted by Crippen LogP contribution is -2.55. The van der Waals surface area contributed by atoms with E-state index in [-0.39, 0.29) is 11.3 Å². The summed E-state index contributed by atoms with van der Waals surface area (Å²) in [5.41, 5.74) is 3.31. The number of ether oxygens (including phenoxy) is 2. The summed E-state index contributed by atoms with van der Waals surface area (Å²) in [4.78, 5) is 27.6. The minimum atomic E-state index is -0.518. The molecule has 1 aromatic heterocycles. The molecule has 0 fully saturated rings. The number of benzene rings is 1. The molecule has 0 aliphatic carbocycles. The minimum absolute atomic E-state index is 0.252. The fourth-order valence-corrected chi connectivity index (χ4v) is 2.57. The first kappa shape index (κ1) is 15.1. The Balaban J connectivity index is 2.07. The Kier molecular flexibility index (Phi) is 4.99. The van der Waals surface area contributed by atoms with E-state index < -0.39 is 5.97 Å². The highest BCUT2D eigenvalue weighted by atomic mass is 32.1. The summed E-state index contributed by atoms with van der Waals surface area (Å²) in [5, 5.41) is 1.75. The van der Waals surface area contributed by atoms with Gasteiger partial charge in [-0.15, -0.1) is 11.3 Å². The number of esters is 1.